The van der Waals surface area contributed by atoms with Crippen molar-refractivity contribution in [2.45, 2.75) is 6.92 Å². The van der Waals surface area contributed by atoms with Crippen LogP contribution in [0.4, 0.5) is 0 Å². The van der Waals surface area contributed by atoms with Gasteiger partial charge in [0, 0.05) is 10.6 Å². The summed E-state index contributed by atoms with van der Waals surface area (Å²) in [7, 11) is 0. The van der Waals surface area contributed by atoms with Crippen LogP contribution < -0.4 is 0 Å². The van der Waals surface area contributed by atoms with Gasteiger partial charge in [-0.1, -0.05) is 54.1 Å². The molecule has 0 saturated heterocycles. The van der Waals surface area contributed by atoms with E-state index in [1.165, 1.54) is 0 Å². The first kappa shape index (κ1) is 12.6. The van der Waals surface area contributed by atoms with E-state index in [-0.39, 0.29) is 5.78 Å². The Balaban J connectivity index is 2.43. The van der Waals surface area contributed by atoms with Crippen LogP contribution in [0, 0.1) is 0 Å². The Morgan fingerprint density at radius 2 is 1.61 bits per heavy atom. The van der Waals surface area contributed by atoms with Gasteiger partial charge in [0.2, 0.25) is 0 Å². The highest BCUT2D eigenvalue weighted by Crippen LogP contribution is 2.20. The van der Waals surface area contributed by atoms with Crippen molar-refractivity contribution in [3.05, 3.63) is 70.7 Å². The summed E-state index contributed by atoms with van der Waals surface area (Å²) in [6.07, 6.45) is 1.88. The highest BCUT2D eigenvalue weighted by Gasteiger charge is 2.06. The molecule has 2 aromatic carbocycles. The lowest BCUT2D eigenvalue weighted by Gasteiger charge is -2.04. The van der Waals surface area contributed by atoms with E-state index in [1.54, 1.807) is 6.92 Å². The SMILES string of the molecule is CC(=O)C(=Cc1ccc(Cl)cc1)c1ccccc1. The highest BCUT2D eigenvalue weighted by molar-refractivity contribution is 6.30. The molecule has 2 heteroatoms. The van der Waals surface area contributed by atoms with Gasteiger partial charge in [-0.2, -0.15) is 0 Å². The largest absolute Gasteiger partial charge is 0.294 e. The molecule has 0 spiro atoms. The quantitative estimate of drug-likeness (QED) is 0.585. The van der Waals surface area contributed by atoms with Crippen molar-refractivity contribution in [3.8, 4) is 0 Å². The monoisotopic (exact) mass is 256 g/mol. The number of carbonyl (C=O) groups excluding carboxylic acids is 1. The molecule has 0 fully saturated rings. The molecule has 0 amide bonds. The van der Waals surface area contributed by atoms with Crippen LogP contribution in [0.15, 0.2) is 54.6 Å². The molecule has 0 aliphatic rings. The van der Waals surface area contributed by atoms with Crippen molar-refractivity contribution in [2.24, 2.45) is 0 Å². The Kier molecular flexibility index (Phi) is 3.96. The lowest BCUT2D eigenvalue weighted by molar-refractivity contribution is -0.111. The van der Waals surface area contributed by atoms with Crippen LogP contribution in [-0.4, -0.2) is 5.78 Å². The van der Waals surface area contributed by atoms with Crippen molar-refractivity contribution >= 4 is 29.0 Å². The summed E-state index contributed by atoms with van der Waals surface area (Å²) in [5, 5.41) is 0.691. The van der Waals surface area contributed by atoms with Crippen LogP contribution in [-0.2, 0) is 4.79 Å². The van der Waals surface area contributed by atoms with E-state index in [0.29, 0.717) is 10.6 Å². The summed E-state index contributed by atoms with van der Waals surface area (Å²) >= 11 is 5.84. The Bertz CT molecular complexity index is 568. The maximum atomic E-state index is 11.7. The molecule has 1 nitrogen and oxygen atoms in total. The third-order valence-corrected chi connectivity index (χ3v) is 2.90. The van der Waals surface area contributed by atoms with Crippen molar-refractivity contribution in [1.82, 2.24) is 0 Å². The van der Waals surface area contributed by atoms with Gasteiger partial charge in [0.15, 0.2) is 5.78 Å². The average Bonchev–Trinajstić information content (AvgIpc) is 2.38. The minimum atomic E-state index is 0.0520. The van der Waals surface area contributed by atoms with Gasteiger partial charge >= 0.3 is 0 Å². The van der Waals surface area contributed by atoms with Gasteiger partial charge < -0.3 is 0 Å². The molecule has 18 heavy (non-hydrogen) atoms. The number of hydrogen-bond acceptors (Lipinski definition) is 1. The molecule has 0 atom stereocenters. The zero-order chi connectivity index (χ0) is 13.0. The number of halogens is 1. The summed E-state index contributed by atoms with van der Waals surface area (Å²) in [5.74, 6) is 0.0520. The van der Waals surface area contributed by atoms with Gasteiger partial charge in [0.05, 0.1) is 0 Å². The van der Waals surface area contributed by atoms with Gasteiger partial charge in [-0.3, -0.25) is 4.79 Å². The molecule has 0 radical (unpaired) electrons. The molecule has 2 rings (SSSR count). The van der Waals surface area contributed by atoms with Gasteiger partial charge in [0.25, 0.3) is 0 Å². The standard InChI is InChI=1S/C16H13ClO/c1-12(18)16(14-5-3-2-4-6-14)11-13-7-9-15(17)10-8-13/h2-11H,1H3. The molecule has 0 bridgehead atoms. The first-order valence-electron chi connectivity index (χ1n) is 5.70. The lowest BCUT2D eigenvalue weighted by Crippen LogP contribution is -1.95. The maximum Gasteiger partial charge on any atom is 0.160 e. The number of ketones is 1. The smallest absolute Gasteiger partial charge is 0.160 e. The third kappa shape index (κ3) is 3.08. The summed E-state index contributed by atoms with van der Waals surface area (Å²) in [5.41, 5.74) is 2.60. The molecular weight excluding hydrogens is 244 g/mol. The Hall–Kier alpha value is -1.86. The lowest BCUT2D eigenvalue weighted by atomic mass is 10.00. The second-order valence-corrected chi connectivity index (χ2v) is 4.47. The fourth-order valence-electron chi connectivity index (χ4n) is 1.73. The summed E-state index contributed by atoms with van der Waals surface area (Å²) in [6, 6.07) is 17.1. The van der Waals surface area contributed by atoms with E-state index in [2.05, 4.69) is 0 Å². The average molecular weight is 257 g/mol. The molecule has 90 valence electrons. The van der Waals surface area contributed by atoms with Crippen LogP contribution in [0.1, 0.15) is 18.1 Å². The molecule has 0 aliphatic heterocycles. The Morgan fingerprint density at radius 1 is 1.00 bits per heavy atom. The number of hydrogen-bond donors (Lipinski definition) is 0. The Labute approximate surface area is 112 Å². The van der Waals surface area contributed by atoms with E-state index in [1.807, 2.05) is 60.7 Å². The normalized spacial score (nSPS) is 11.3. The van der Waals surface area contributed by atoms with Gasteiger partial charge in [-0.25, -0.2) is 0 Å². The molecular formula is C16H13ClO. The van der Waals surface area contributed by atoms with Gasteiger partial charge in [0.1, 0.15) is 0 Å². The number of carbonyl (C=O) groups is 1. The molecule has 0 N–H and O–H groups in total. The van der Waals surface area contributed by atoms with Crippen molar-refractivity contribution in [1.29, 1.82) is 0 Å². The summed E-state index contributed by atoms with van der Waals surface area (Å²) < 4.78 is 0. The molecule has 0 saturated carbocycles. The zero-order valence-electron chi connectivity index (χ0n) is 10.1. The predicted octanol–water partition coefficient (Wildman–Crippen LogP) is 4.47. The van der Waals surface area contributed by atoms with Crippen LogP contribution in [0.3, 0.4) is 0 Å². The second kappa shape index (κ2) is 5.65. The van der Waals surface area contributed by atoms with Crippen LogP contribution in [0.25, 0.3) is 11.6 Å². The number of rotatable bonds is 3. The number of benzene rings is 2. The summed E-state index contributed by atoms with van der Waals surface area (Å²) in [4.78, 5) is 11.7. The molecule has 0 aromatic heterocycles. The van der Waals surface area contributed by atoms with Gasteiger partial charge in [-0.05, 0) is 36.3 Å². The third-order valence-electron chi connectivity index (χ3n) is 2.65. The molecule has 0 aliphatic carbocycles. The Morgan fingerprint density at radius 3 is 2.17 bits per heavy atom. The van der Waals surface area contributed by atoms with Crippen molar-refractivity contribution < 1.29 is 4.79 Å². The highest BCUT2D eigenvalue weighted by atomic mass is 35.5. The van der Waals surface area contributed by atoms with E-state index in [4.69, 9.17) is 11.6 Å². The predicted molar refractivity (Wildman–Crippen MR) is 76.4 cm³/mol. The van der Waals surface area contributed by atoms with Gasteiger partial charge in [-0.15, -0.1) is 0 Å². The fourth-order valence-corrected chi connectivity index (χ4v) is 1.86. The van der Waals surface area contributed by atoms with Crippen LogP contribution >= 0.6 is 11.6 Å². The molecule has 2 aromatic rings. The minimum Gasteiger partial charge on any atom is -0.294 e. The van der Waals surface area contributed by atoms with E-state index >= 15 is 0 Å². The van der Waals surface area contributed by atoms with E-state index in [9.17, 15) is 4.79 Å². The van der Waals surface area contributed by atoms with Crippen molar-refractivity contribution in [2.75, 3.05) is 0 Å². The van der Waals surface area contributed by atoms with E-state index in [0.717, 1.165) is 11.1 Å². The topological polar surface area (TPSA) is 17.1 Å². The molecule has 0 unspecified atom stereocenters. The second-order valence-electron chi connectivity index (χ2n) is 4.03. The minimum absolute atomic E-state index is 0.0520. The first-order chi connectivity index (χ1) is 8.66. The first-order valence-corrected chi connectivity index (χ1v) is 6.08. The van der Waals surface area contributed by atoms with Crippen LogP contribution in [0.2, 0.25) is 5.02 Å². The zero-order valence-corrected chi connectivity index (χ0v) is 10.8. The number of allylic oxidation sites excluding steroid dienone is 1. The fraction of sp³-hybridized carbons (Fsp3) is 0.0625. The summed E-state index contributed by atoms with van der Waals surface area (Å²) in [6.45, 7) is 1.58. The van der Waals surface area contributed by atoms with Crippen molar-refractivity contribution in [3.63, 3.8) is 0 Å². The van der Waals surface area contributed by atoms with E-state index < -0.39 is 0 Å². The van der Waals surface area contributed by atoms with Crippen LogP contribution in [0.5, 0.6) is 0 Å². The number of Topliss-reactive ketones (excluding diaryl/α,β-unsaturated/α-hetero) is 1. The maximum absolute atomic E-state index is 11.7. The molecule has 0 heterocycles.